The lowest BCUT2D eigenvalue weighted by molar-refractivity contribution is 0.340. The Morgan fingerprint density at radius 3 is 2.56 bits per heavy atom. The van der Waals surface area contributed by atoms with E-state index in [1.807, 2.05) is 67.6 Å². The molecule has 2 N–H and O–H groups in total. The molecule has 6 nitrogen and oxygen atoms in total. The SMILES string of the molecule is CCOc1cccc(NCc2cc3c(-c4ccc(F)cc4)nn(-c4ccccc4)c3[nH]c2=O)c1. The van der Waals surface area contributed by atoms with Crippen LogP contribution in [0.2, 0.25) is 0 Å². The molecule has 0 unspecified atom stereocenters. The van der Waals surface area contributed by atoms with E-state index < -0.39 is 0 Å². The lowest BCUT2D eigenvalue weighted by Crippen LogP contribution is -2.16. The molecule has 0 radical (unpaired) electrons. The van der Waals surface area contributed by atoms with Crippen molar-refractivity contribution >= 4 is 16.7 Å². The molecule has 5 rings (SSSR count). The number of anilines is 1. The molecule has 0 bridgehead atoms. The van der Waals surface area contributed by atoms with Gasteiger partial charge in [-0.3, -0.25) is 4.79 Å². The molecule has 0 aliphatic carbocycles. The zero-order chi connectivity index (χ0) is 23.5. The van der Waals surface area contributed by atoms with Gasteiger partial charge in [-0.2, -0.15) is 5.10 Å². The summed E-state index contributed by atoms with van der Waals surface area (Å²) in [6.07, 6.45) is 0. The number of fused-ring (bicyclic) bond motifs is 1. The first-order valence-electron chi connectivity index (χ1n) is 11.1. The van der Waals surface area contributed by atoms with Gasteiger partial charge in [0.25, 0.3) is 5.56 Å². The van der Waals surface area contributed by atoms with Crippen molar-refractivity contribution in [3.05, 3.63) is 107 Å². The molecule has 0 atom stereocenters. The molecule has 3 aromatic carbocycles. The van der Waals surface area contributed by atoms with Crippen LogP contribution in [0, 0.1) is 5.82 Å². The Hall–Kier alpha value is -4.39. The number of nitrogens with one attached hydrogen (secondary N) is 2. The maximum Gasteiger partial charge on any atom is 0.254 e. The number of benzene rings is 3. The average Bonchev–Trinajstić information content (AvgIpc) is 3.22. The predicted octanol–water partition coefficient (Wildman–Crippen LogP) is 5.53. The molecule has 170 valence electrons. The van der Waals surface area contributed by atoms with E-state index >= 15 is 0 Å². The zero-order valence-electron chi connectivity index (χ0n) is 18.6. The molecule has 5 aromatic rings. The maximum absolute atomic E-state index is 13.6. The number of pyridine rings is 1. The minimum Gasteiger partial charge on any atom is -0.494 e. The van der Waals surface area contributed by atoms with E-state index in [9.17, 15) is 9.18 Å². The number of aromatic amines is 1. The molecule has 0 aliphatic heterocycles. The van der Waals surface area contributed by atoms with E-state index in [1.54, 1.807) is 16.8 Å². The normalized spacial score (nSPS) is 11.0. The lowest BCUT2D eigenvalue weighted by atomic mass is 10.1. The minimum atomic E-state index is -0.317. The fourth-order valence-electron chi connectivity index (χ4n) is 3.88. The number of H-pyrrole nitrogens is 1. The van der Waals surface area contributed by atoms with Gasteiger partial charge in [-0.15, -0.1) is 0 Å². The third-order valence-electron chi connectivity index (χ3n) is 5.51. The van der Waals surface area contributed by atoms with Gasteiger partial charge in [-0.1, -0.05) is 24.3 Å². The number of halogens is 1. The highest BCUT2D eigenvalue weighted by Crippen LogP contribution is 2.29. The summed E-state index contributed by atoms with van der Waals surface area (Å²) in [5, 5.41) is 8.85. The van der Waals surface area contributed by atoms with Crippen molar-refractivity contribution in [1.82, 2.24) is 14.8 Å². The minimum absolute atomic E-state index is 0.205. The van der Waals surface area contributed by atoms with Gasteiger partial charge in [-0.05, 0) is 61.5 Å². The van der Waals surface area contributed by atoms with Crippen LogP contribution in [0.1, 0.15) is 12.5 Å². The van der Waals surface area contributed by atoms with Gasteiger partial charge in [-0.25, -0.2) is 9.07 Å². The highest BCUT2D eigenvalue weighted by atomic mass is 19.1. The summed E-state index contributed by atoms with van der Waals surface area (Å²) in [6.45, 7) is 2.83. The highest BCUT2D eigenvalue weighted by molar-refractivity contribution is 5.92. The molecule has 34 heavy (non-hydrogen) atoms. The summed E-state index contributed by atoms with van der Waals surface area (Å²) in [6, 6.07) is 25.2. The van der Waals surface area contributed by atoms with Crippen molar-refractivity contribution in [3.63, 3.8) is 0 Å². The smallest absolute Gasteiger partial charge is 0.254 e. The third-order valence-corrected chi connectivity index (χ3v) is 5.51. The Morgan fingerprint density at radius 1 is 1.00 bits per heavy atom. The van der Waals surface area contributed by atoms with Crippen molar-refractivity contribution in [3.8, 4) is 22.7 Å². The number of nitrogens with zero attached hydrogens (tertiary/aromatic N) is 2. The van der Waals surface area contributed by atoms with Gasteiger partial charge in [0.1, 0.15) is 22.9 Å². The molecular formula is C27H23FN4O2. The molecule has 0 fully saturated rings. The molecule has 0 aliphatic rings. The van der Waals surface area contributed by atoms with E-state index in [0.29, 0.717) is 30.1 Å². The van der Waals surface area contributed by atoms with Crippen LogP contribution in [0.15, 0.2) is 89.7 Å². The number of aromatic nitrogens is 3. The fraction of sp³-hybridized carbons (Fsp3) is 0.111. The monoisotopic (exact) mass is 454 g/mol. The van der Waals surface area contributed by atoms with Gasteiger partial charge >= 0.3 is 0 Å². The first-order valence-corrected chi connectivity index (χ1v) is 11.1. The van der Waals surface area contributed by atoms with Crippen LogP contribution in [0.3, 0.4) is 0 Å². The van der Waals surface area contributed by atoms with E-state index in [1.165, 1.54) is 12.1 Å². The Labute approximate surface area is 195 Å². The maximum atomic E-state index is 13.6. The number of ether oxygens (including phenoxy) is 1. The zero-order valence-corrected chi connectivity index (χ0v) is 18.6. The van der Waals surface area contributed by atoms with Crippen molar-refractivity contribution in [2.45, 2.75) is 13.5 Å². The lowest BCUT2D eigenvalue weighted by Gasteiger charge is -2.09. The Balaban J connectivity index is 1.57. The fourth-order valence-corrected chi connectivity index (χ4v) is 3.88. The number of para-hydroxylation sites is 1. The van der Waals surface area contributed by atoms with Crippen molar-refractivity contribution in [2.75, 3.05) is 11.9 Å². The Bertz CT molecular complexity index is 1490. The number of hydrogen-bond acceptors (Lipinski definition) is 4. The summed E-state index contributed by atoms with van der Waals surface area (Å²) in [4.78, 5) is 16.0. The topological polar surface area (TPSA) is 71.9 Å². The second kappa shape index (κ2) is 9.23. The predicted molar refractivity (Wildman–Crippen MR) is 132 cm³/mol. The molecule has 0 spiro atoms. The molecule has 7 heteroatoms. The van der Waals surface area contributed by atoms with Crippen LogP contribution in [-0.4, -0.2) is 21.4 Å². The molecule has 2 heterocycles. The van der Waals surface area contributed by atoms with Crippen LogP contribution in [0.25, 0.3) is 28.0 Å². The highest BCUT2D eigenvalue weighted by Gasteiger charge is 2.17. The average molecular weight is 455 g/mol. The van der Waals surface area contributed by atoms with E-state index in [0.717, 1.165) is 28.1 Å². The first-order chi connectivity index (χ1) is 16.6. The second-order valence-electron chi connectivity index (χ2n) is 7.80. The van der Waals surface area contributed by atoms with E-state index in [2.05, 4.69) is 10.3 Å². The summed E-state index contributed by atoms with van der Waals surface area (Å²) in [5.41, 5.74) is 4.03. The number of hydrogen-bond donors (Lipinski definition) is 2. The van der Waals surface area contributed by atoms with Gasteiger partial charge in [0.15, 0.2) is 0 Å². The van der Waals surface area contributed by atoms with Gasteiger partial charge in [0.2, 0.25) is 0 Å². The van der Waals surface area contributed by atoms with Crippen LogP contribution < -0.4 is 15.6 Å². The molecule has 0 saturated heterocycles. The van der Waals surface area contributed by atoms with E-state index in [-0.39, 0.29) is 11.4 Å². The summed E-state index contributed by atoms with van der Waals surface area (Å²) in [7, 11) is 0. The largest absolute Gasteiger partial charge is 0.494 e. The molecule has 2 aromatic heterocycles. The summed E-state index contributed by atoms with van der Waals surface area (Å²) in [5.74, 6) is 0.447. The van der Waals surface area contributed by atoms with Gasteiger partial charge < -0.3 is 15.0 Å². The van der Waals surface area contributed by atoms with Crippen LogP contribution in [0.5, 0.6) is 5.75 Å². The Kier molecular flexibility index (Phi) is 5.82. The Morgan fingerprint density at radius 2 is 1.79 bits per heavy atom. The third kappa shape index (κ3) is 4.28. The van der Waals surface area contributed by atoms with Crippen LogP contribution >= 0.6 is 0 Å². The van der Waals surface area contributed by atoms with Crippen LogP contribution in [-0.2, 0) is 6.54 Å². The van der Waals surface area contributed by atoms with Crippen molar-refractivity contribution < 1.29 is 9.13 Å². The standard InChI is InChI=1S/C27H23FN4O2/c1-2-34-23-10-6-7-21(16-23)29-17-19-15-24-25(18-11-13-20(28)14-12-18)31-32(26(24)30-27(19)33)22-8-4-3-5-9-22/h3-16,29H,2,17H2,1H3,(H,30,33). The van der Waals surface area contributed by atoms with Crippen molar-refractivity contribution in [1.29, 1.82) is 0 Å². The first kappa shape index (κ1) is 21.5. The van der Waals surface area contributed by atoms with Gasteiger partial charge in [0, 0.05) is 34.8 Å². The summed E-state index contributed by atoms with van der Waals surface area (Å²) >= 11 is 0. The van der Waals surface area contributed by atoms with Crippen LogP contribution in [0.4, 0.5) is 10.1 Å². The van der Waals surface area contributed by atoms with Gasteiger partial charge in [0.05, 0.1) is 12.3 Å². The second-order valence-corrected chi connectivity index (χ2v) is 7.80. The summed E-state index contributed by atoms with van der Waals surface area (Å²) < 4.78 is 20.8. The number of rotatable bonds is 7. The van der Waals surface area contributed by atoms with E-state index in [4.69, 9.17) is 9.84 Å². The molecule has 0 saturated carbocycles. The van der Waals surface area contributed by atoms with Crippen molar-refractivity contribution in [2.24, 2.45) is 0 Å². The molecular weight excluding hydrogens is 431 g/mol. The quantitative estimate of drug-likeness (QED) is 0.339. The molecule has 0 amide bonds.